The first-order chi connectivity index (χ1) is 10.6. The van der Waals surface area contributed by atoms with E-state index in [1.54, 1.807) is 0 Å². The van der Waals surface area contributed by atoms with Crippen molar-refractivity contribution < 1.29 is 4.79 Å². The lowest BCUT2D eigenvalue weighted by molar-refractivity contribution is -0.123. The van der Waals surface area contributed by atoms with Crippen LogP contribution in [0, 0.1) is 5.92 Å². The first kappa shape index (κ1) is 17.0. The molecule has 1 aliphatic carbocycles. The summed E-state index contributed by atoms with van der Waals surface area (Å²) in [6, 6.07) is 10.4. The quantitative estimate of drug-likeness (QED) is 0.839. The SMILES string of the molecule is C[C@H](N[C@H](C)C1CCCCC1)C(=O)N[C@@H](C)c1ccccc1. The molecule has 122 valence electrons. The molecule has 0 heterocycles. The summed E-state index contributed by atoms with van der Waals surface area (Å²) in [6.45, 7) is 6.22. The molecule has 0 aromatic heterocycles. The lowest BCUT2D eigenvalue weighted by atomic mass is 9.84. The summed E-state index contributed by atoms with van der Waals surface area (Å²) in [7, 11) is 0. The summed E-state index contributed by atoms with van der Waals surface area (Å²) in [5.74, 6) is 0.801. The molecule has 0 aliphatic heterocycles. The Balaban J connectivity index is 1.81. The molecular formula is C19H30N2O. The van der Waals surface area contributed by atoms with E-state index >= 15 is 0 Å². The van der Waals surface area contributed by atoms with Crippen LogP contribution in [0.2, 0.25) is 0 Å². The molecule has 1 aromatic rings. The molecular weight excluding hydrogens is 272 g/mol. The van der Waals surface area contributed by atoms with Gasteiger partial charge in [-0.15, -0.1) is 0 Å². The maximum atomic E-state index is 12.4. The van der Waals surface area contributed by atoms with Crippen LogP contribution in [-0.4, -0.2) is 18.0 Å². The Morgan fingerprint density at radius 3 is 2.32 bits per heavy atom. The minimum atomic E-state index is -0.150. The predicted octanol–water partition coefficient (Wildman–Crippen LogP) is 3.81. The van der Waals surface area contributed by atoms with Gasteiger partial charge in [-0.25, -0.2) is 0 Å². The molecule has 1 aromatic carbocycles. The van der Waals surface area contributed by atoms with Gasteiger partial charge in [-0.2, -0.15) is 0 Å². The van der Waals surface area contributed by atoms with E-state index in [0.717, 1.165) is 11.5 Å². The number of amides is 1. The Morgan fingerprint density at radius 2 is 1.68 bits per heavy atom. The second-order valence-electron chi connectivity index (χ2n) is 6.72. The average molecular weight is 302 g/mol. The average Bonchev–Trinajstić information content (AvgIpc) is 2.56. The van der Waals surface area contributed by atoms with Gasteiger partial charge in [0.15, 0.2) is 0 Å². The normalized spacial score (nSPS) is 20.1. The largest absolute Gasteiger partial charge is 0.348 e. The highest BCUT2D eigenvalue weighted by molar-refractivity contribution is 5.81. The van der Waals surface area contributed by atoms with E-state index in [4.69, 9.17) is 0 Å². The van der Waals surface area contributed by atoms with Gasteiger partial charge in [-0.3, -0.25) is 4.79 Å². The second kappa shape index (κ2) is 8.33. The first-order valence-corrected chi connectivity index (χ1v) is 8.69. The molecule has 1 aliphatic rings. The van der Waals surface area contributed by atoms with E-state index in [0.29, 0.717) is 6.04 Å². The third-order valence-corrected chi connectivity index (χ3v) is 4.92. The Bertz CT molecular complexity index is 454. The summed E-state index contributed by atoms with van der Waals surface area (Å²) in [6.07, 6.45) is 6.63. The lowest BCUT2D eigenvalue weighted by Gasteiger charge is -2.30. The molecule has 2 N–H and O–H groups in total. The summed E-state index contributed by atoms with van der Waals surface area (Å²) >= 11 is 0. The molecule has 0 spiro atoms. The number of carbonyl (C=O) groups is 1. The van der Waals surface area contributed by atoms with Gasteiger partial charge in [0, 0.05) is 6.04 Å². The van der Waals surface area contributed by atoms with Gasteiger partial charge in [0.25, 0.3) is 0 Å². The second-order valence-corrected chi connectivity index (χ2v) is 6.72. The zero-order chi connectivity index (χ0) is 15.9. The molecule has 3 nitrogen and oxygen atoms in total. The smallest absolute Gasteiger partial charge is 0.237 e. The Morgan fingerprint density at radius 1 is 1.05 bits per heavy atom. The van der Waals surface area contributed by atoms with Crippen LogP contribution in [0.1, 0.15) is 64.5 Å². The van der Waals surface area contributed by atoms with Gasteiger partial charge in [0.1, 0.15) is 0 Å². The summed E-state index contributed by atoms with van der Waals surface area (Å²) in [4.78, 5) is 12.4. The molecule has 1 saturated carbocycles. The number of carbonyl (C=O) groups excluding carboxylic acids is 1. The minimum absolute atomic E-state index is 0.0444. The fraction of sp³-hybridized carbons (Fsp3) is 0.632. The molecule has 1 fully saturated rings. The monoisotopic (exact) mass is 302 g/mol. The lowest BCUT2D eigenvalue weighted by Crippen LogP contribution is -2.48. The van der Waals surface area contributed by atoms with E-state index in [1.165, 1.54) is 32.1 Å². The van der Waals surface area contributed by atoms with Crippen LogP contribution in [0.3, 0.4) is 0 Å². The van der Waals surface area contributed by atoms with E-state index in [-0.39, 0.29) is 18.0 Å². The number of benzene rings is 1. The van der Waals surface area contributed by atoms with Crippen molar-refractivity contribution >= 4 is 5.91 Å². The van der Waals surface area contributed by atoms with Crippen LogP contribution in [0.25, 0.3) is 0 Å². The van der Waals surface area contributed by atoms with Crippen LogP contribution in [0.5, 0.6) is 0 Å². The molecule has 22 heavy (non-hydrogen) atoms. The van der Waals surface area contributed by atoms with Gasteiger partial charge in [0.2, 0.25) is 5.91 Å². The van der Waals surface area contributed by atoms with Crippen molar-refractivity contribution in [1.29, 1.82) is 0 Å². The highest BCUT2D eigenvalue weighted by atomic mass is 16.2. The van der Waals surface area contributed by atoms with E-state index < -0.39 is 0 Å². The molecule has 0 radical (unpaired) electrons. The number of rotatable bonds is 6. The Kier molecular flexibility index (Phi) is 6.44. The zero-order valence-corrected chi connectivity index (χ0v) is 14.1. The number of hydrogen-bond donors (Lipinski definition) is 2. The van der Waals surface area contributed by atoms with Crippen molar-refractivity contribution in [3.8, 4) is 0 Å². The van der Waals surface area contributed by atoms with Gasteiger partial charge in [-0.05, 0) is 45.1 Å². The highest BCUT2D eigenvalue weighted by Gasteiger charge is 2.24. The van der Waals surface area contributed by atoms with Crippen LogP contribution < -0.4 is 10.6 Å². The Labute approximate surface area is 134 Å². The summed E-state index contributed by atoms with van der Waals surface area (Å²) < 4.78 is 0. The van der Waals surface area contributed by atoms with E-state index in [9.17, 15) is 4.79 Å². The van der Waals surface area contributed by atoms with Gasteiger partial charge in [-0.1, -0.05) is 49.6 Å². The fourth-order valence-electron chi connectivity index (χ4n) is 3.40. The van der Waals surface area contributed by atoms with E-state index in [1.807, 2.05) is 44.2 Å². The maximum Gasteiger partial charge on any atom is 0.237 e. The van der Waals surface area contributed by atoms with E-state index in [2.05, 4.69) is 17.6 Å². The van der Waals surface area contributed by atoms with Crippen molar-refractivity contribution in [2.45, 2.75) is 71.0 Å². The van der Waals surface area contributed by atoms with Gasteiger partial charge in [0.05, 0.1) is 12.1 Å². The van der Waals surface area contributed by atoms with Crippen LogP contribution >= 0.6 is 0 Å². The minimum Gasteiger partial charge on any atom is -0.348 e. The third-order valence-electron chi connectivity index (χ3n) is 4.92. The molecule has 3 atom stereocenters. The molecule has 0 unspecified atom stereocenters. The van der Waals surface area contributed by atoms with Gasteiger partial charge < -0.3 is 10.6 Å². The third kappa shape index (κ3) is 4.84. The topological polar surface area (TPSA) is 41.1 Å². The van der Waals surface area contributed by atoms with Crippen molar-refractivity contribution in [1.82, 2.24) is 10.6 Å². The van der Waals surface area contributed by atoms with Crippen LogP contribution in [0.15, 0.2) is 30.3 Å². The fourth-order valence-corrected chi connectivity index (χ4v) is 3.40. The number of nitrogens with one attached hydrogen (secondary N) is 2. The molecule has 0 saturated heterocycles. The first-order valence-electron chi connectivity index (χ1n) is 8.69. The molecule has 0 bridgehead atoms. The van der Waals surface area contributed by atoms with Crippen molar-refractivity contribution in [2.24, 2.45) is 5.92 Å². The summed E-state index contributed by atoms with van der Waals surface area (Å²) in [5.41, 5.74) is 1.14. The molecule has 3 heteroatoms. The zero-order valence-electron chi connectivity index (χ0n) is 14.1. The molecule has 1 amide bonds. The highest BCUT2D eigenvalue weighted by Crippen LogP contribution is 2.26. The Hall–Kier alpha value is -1.35. The number of hydrogen-bond acceptors (Lipinski definition) is 2. The predicted molar refractivity (Wildman–Crippen MR) is 91.6 cm³/mol. The van der Waals surface area contributed by atoms with Gasteiger partial charge >= 0.3 is 0 Å². The van der Waals surface area contributed by atoms with Crippen LogP contribution in [0.4, 0.5) is 0 Å². The van der Waals surface area contributed by atoms with Crippen molar-refractivity contribution in [2.75, 3.05) is 0 Å². The standard InChI is InChI=1S/C19H30N2O/c1-14(17-10-6-4-7-11-17)20-16(3)19(22)21-15(2)18-12-8-5-9-13-18/h5,8-9,12-17,20H,4,6-7,10-11H2,1-3H3,(H,21,22)/t14-,15+,16+/m1/s1. The summed E-state index contributed by atoms with van der Waals surface area (Å²) in [5, 5.41) is 6.60. The van der Waals surface area contributed by atoms with Crippen LogP contribution in [-0.2, 0) is 4.79 Å². The van der Waals surface area contributed by atoms with Crippen molar-refractivity contribution in [3.63, 3.8) is 0 Å². The maximum absolute atomic E-state index is 12.4. The van der Waals surface area contributed by atoms with Crippen molar-refractivity contribution in [3.05, 3.63) is 35.9 Å². The molecule has 2 rings (SSSR count).